The van der Waals surface area contributed by atoms with Crippen LogP contribution in [0.15, 0.2) is 30.7 Å². The van der Waals surface area contributed by atoms with Gasteiger partial charge in [0.25, 0.3) is 5.91 Å². The van der Waals surface area contributed by atoms with Crippen molar-refractivity contribution in [1.29, 1.82) is 0 Å². The maximum atomic E-state index is 12.1. The standard InChI is InChI=1S/C20H23N7O2/c1-21-19(28)11-3-6-17-15(7-11)23-18(16-9-26(2)10-22-16)27(17)12-4-5-13-14(8-12)25-20(29)24-13/h3,6-7,9-10,12-14H,4-5,8H2,1-2H3,(H,21,28)(H2,24,25,29). The first-order chi connectivity index (χ1) is 14.0. The van der Waals surface area contributed by atoms with Crippen molar-refractivity contribution in [2.45, 2.75) is 37.4 Å². The summed E-state index contributed by atoms with van der Waals surface area (Å²) in [5.41, 5.74) is 3.11. The van der Waals surface area contributed by atoms with Crippen LogP contribution in [-0.2, 0) is 7.05 Å². The average Bonchev–Trinajstić information content (AvgIpc) is 3.41. The number of benzene rings is 1. The van der Waals surface area contributed by atoms with Gasteiger partial charge in [0.05, 0.1) is 29.4 Å². The molecular formula is C20H23N7O2. The molecule has 0 bridgehead atoms. The summed E-state index contributed by atoms with van der Waals surface area (Å²) >= 11 is 0. The topological polar surface area (TPSA) is 106 Å². The summed E-state index contributed by atoms with van der Waals surface area (Å²) in [4.78, 5) is 33.2. The minimum Gasteiger partial charge on any atom is -0.355 e. The second-order valence-corrected chi connectivity index (χ2v) is 7.81. The molecule has 3 aromatic rings. The third-order valence-electron chi connectivity index (χ3n) is 5.93. The molecule has 9 heteroatoms. The van der Waals surface area contributed by atoms with Gasteiger partial charge in [0.1, 0.15) is 5.69 Å². The molecule has 0 radical (unpaired) electrons. The molecule has 2 fully saturated rings. The van der Waals surface area contributed by atoms with E-state index in [1.807, 2.05) is 36.0 Å². The first kappa shape index (κ1) is 17.7. The Bertz CT molecular complexity index is 1120. The second kappa shape index (κ2) is 6.61. The highest BCUT2D eigenvalue weighted by atomic mass is 16.2. The van der Waals surface area contributed by atoms with Gasteiger partial charge in [0, 0.05) is 31.9 Å². The van der Waals surface area contributed by atoms with Crippen molar-refractivity contribution in [1.82, 2.24) is 35.1 Å². The molecule has 3 N–H and O–H groups in total. The van der Waals surface area contributed by atoms with E-state index in [4.69, 9.17) is 4.98 Å². The van der Waals surface area contributed by atoms with Crippen LogP contribution in [0.4, 0.5) is 4.79 Å². The zero-order valence-corrected chi connectivity index (χ0v) is 16.3. The molecule has 1 saturated heterocycles. The van der Waals surface area contributed by atoms with Crippen molar-refractivity contribution < 1.29 is 9.59 Å². The lowest BCUT2D eigenvalue weighted by Gasteiger charge is -2.32. The summed E-state index contributed by atoms with van der Waals surface area (Å²) in [6.07, 6.45) is 6.37. The van der Waals surface area contributed by atoms with Crippen LogP contribution in [0.3, 0.4) is 0 Å². The van der Waals surface area contributed by atoms with E-state index in [1.165, 1.54) is 0 Å². The van der Waals surface area contributed by atoms with Crippen LogP contribution in [0.1, 0.15) is 35.7 Å². The van der Waals surface area contributed by atoms with Crippen molar-refractivity contribution >= 4 is 23.0 Å². The van der Waals surface area contributed by atoms with Gasteiger partial charge in [-0.1, -0.05) is 0 Å². The predicted octanol–water partition coefficient (Wildman–Crippen LogP) is 1.57. The number of amides is 3. The minimum atomic E-state index is -0.138. The fourth-order valence-corrected chi connectivity index (χ4v) is 4.56. The van der Waals surface area contributed by atoms with E-state index in [9.17, 15) is 9.59 Å². The van der Waals surface area contributed by atoms with Gasteiger partial charge in [-0.3, -0.25) is 4.79 Å². The third-order valence-corrected chi connectivity index (χ3v) is 5.93. The number of nitrogens with zero attached hydrogens (tertiary/aromatic N) is 4. The summed E-state index contributed by atoms with van der Waals surface area (Å²) in [5, 5.41) is 8.69. The largest absolute Gasteiger partial charge is 0.355 e. The molecule has 3 unspecified atom stereocenters. The number of urea groups is 1. The first-order valence-electron chi connectivity index (χ1n) is 9.83. The van der Waals surface area contributed by atoms with Crippen LogP contribution in [0.5, 0.6) is 0 Å². The summed E-state index contributed by atoms with van der Waals surface area (Å²) in [7, 11) is 3.55. The molecule has 1 aliphatic heterocycles. The number of nitrogens with one attached hydrogen (secondary N) is 3. The number of rotatable bonds is 3. The quantitative estimate of drug-likeness (QED) is 0.628. The molecule has 9 nitrogen and oxygen atoms in total. The average molecular weight is 393 g/mol. The SMILES string of the molecule is CNC(=O)c1ccc2c(c1)nc(-c1cn(C)cn1)n2C1CCC2NC(=O)NC2C1. The van der Waals surface area contributed by atoms with Crippen molar-refractivity contribution in [2.24, 2.45) is 7.05 Å². The molecule has 0 spiro atoms. The molecule has 3 amide bonds. The van der Waals surface area contributed by atoms with Gasteiger partial charge in [0.2, 0.25) is 0 Å². The summed E-state index contributed by atoms with van der Waals surface area (Å²) in [6.45, 7) is 0. The fraction of sp³-hybridized carbons (Fsp3) is 0.400. The van der Waals surface area contributed by atoms with Crippen molar-refractivity contribution in [3.63, 3.8) is 0 Å². The van der Waals surface area contributed by atoms with Gasteiger partial charge in [0.15, 0.2) is 5.82 Å². The van der Waals surface area contributed by atoms with Crippen molar-refractivity contribution in [3.8, 4) is 11.5 Å². The zero-order chi connectivity index (χ0) is 20.1. The lowest BCUT2D eigenvalue weighted by atomic mass is 9.87. The summed E-state index contributed by atoms with van der Waals surface area (Å²) in [6, 6.07) is 6.00. The van der Waals surface area contributed by atoms with E-state index in [0.29, 0.717) is 5.56 Å². The highest BCUT2D eigenvalue weighted by Gasteiger charge is 2.38. The molecular weight excluding hydrogens is 370 g/mol. The Morgan fingerprint density at radius 2 is 2.07 bits per heavy atom. The second-order valence-electron chi connectivity index (χ2n) is 7.81. The lowest BCUT2D eigenvalue weighted by Crippen LogP contribution is -2.40. The molecule has 5 rings (SSSR count). The van der Waals surface area contributed by atoms with E-state index in [-0.39, 0.29) is 30.1 Å². The monoisotopic (exact) mass is 393 g/mol. The maximum Gasteiger partial charge on any atom is 0.315 e. The minimum absolute atomic E-state index is 0.0868. The van der Waals surface area contributed by atoms with Crippen LogP contribution >= 0.6 is 0 Å². The number of hydrogen-bond acceptors (Lipinski definition) is 4. The molecule has 1 saturated carbocycles. The highest BCUT2D eigenvalue weighted by Crippen LogP contribution is 2.37. The maximum absolute atomic E-state index is 12.1. The normalized spacial score (nSPS) is 23.5. The smallest absolute Gasteiger partial charge is 0.315 e. The van der Waals surface area contributed by atoms with Crippen LogP contribution in [-0.4, -0.2) is 50.2 Å². The molecule has 3 heterocycles. The lowest BCUT2D eigenvalue weighted by molar-refractivity contribution is 0.0963. The number of fused-ring (bicyclic) bond motifs is 2. The van der Waals surface area contributed by atoms with Crippen molar-refractivity contribution in [2.75, 3.05) is 7.05 Å². The Hall–Kier alpha value is -3.36. The van der Waals surface area contributed by atoms with Crippen LogP contribution in [0.2, 0.25) is 0 Å². The Kier molecular flexibility index (Phi) is 4.04. The number of carbonyl (C=O) groups excluding carboxylic acids is 2. The Morgan fingerprint density at radius 3 is 2.83 bits per heavy atom. The number of aromatic nitrogens is 4. The Balaban J connectivity index is 1.62. The van der Waals surface area contributed by atoms with Crippen LogP contribution < -0.4 is 16.0 Å². The fourth-order valence-electron chi connectivity index (χ4n) is 4.56. The molecule has 1 aromatic carbocycles. The van der Waals surface area contributed by atoms with E-state index in [1.54, 1.807) is 13.4 Å². The number of imidazole rings is 2. The molecule has 2 aromatic heterocycles. The number of carbonyl (C=O) groups is 2. The van der Waals surface area contributed by atoms with Gasteiger partial charge >= 0.3 is 6.03 Å². The first-order valence-corrected chi connectivity index (χ1v) is 9.83. The van der Waals surface area contributed by atoms with E-state index < -0.39 is 0 Å². The highest BCUT2D eigenvalue weighted by molar-refractivity contribution is 5.97. The van der Waals surface area contributed by atoms with Crippen LogP contribution in [0.25, 0.3) is 22.6 Å². The van der Waals surface area contributed by atoms with Gasteiger partial charge in [-0.2, -0.15) is 0 Å². The summed E-state index contributed by atoms with van der Waals surface area (Å²) < 4.78 is 4.12. The van der Waals surface area contributed by atoms with E-state index >= 15 is 0 Å². The molecule has 150 valence electrons. The number of hydrogen-bond donors (Lipinski definition) is 3. The Labute approximate surface area is 167 Å². The van der Waals surface area contributed by atoms with E-state index in [2.05, 4.69) is 25.5 Å². The molecule has 3 atom stereocenters. The van der Waals surface area contributed by atoms with Crippen molar-refractivity contribution in [3.05, 3.63) is 36.3 Å². The van der Waals surface area contributed by atoms with Crippen LogP contribution in [0, 0.1) is 0 Å². The molecule has 29 heavy (non-hydrogen) atoms. The summed E-state index contributed by atoms with van der Waals surface area (Å²) in [5.74, 6) is 0.650. The zero-order valence-electron chi connectivity index (χ0n) is 16.3. The molecule has 1 aliphatic carbocycles. The van der Waals surface area contributed by atoms with E-state index in [0.717, 1.165) is 41.8 Å². The van der Waals surface area contributed by atoms with Gasteiger partial charge < -0.3 is 25.1 Å². The molecule has 2 aliphatic rings. The number of aryl methyl sites for hydroxylation is 1. The van der Waals surface area contributed by atoms with Gasteiger partial charge in [-0.15, -0.1) is 0 Å². The van der Waals surface area contributed by atoms with Gasteiger partial charge in [-0.25, -0.2) is 14.8 Å². The predicted molar refractivity (Wildman–Crippen MR) is 107 cm³/mol. The van der Waals surface area contributed by atoms with Gasteiger partial charge in [-0.05, 0) is 37.5 Å². The Morgan fingerprint density at radius 1 is 1.24 bits per heavy atom. The third kappa shape index (κ3) is 2.93.